The summed E-state index contributed by atoms with van der Waals surface area (Å²) < 4.78 is 0. The van der Waals surface area contributed by atoms with Gasteiger partial charge in [0, 0.05) is 19.8 Å². The number of aliphatic hydroxyl groups is 3. The van der Waals surface area contributed by atoms with Gasteiger partial charge in [-0.15, -0.1) is 0 Å². The van der Waals surface area contributed by atoms with Crippen molar-refractivity contribution in [3.63, 3.8) is 0 Å². The van der Waals surface area contributed by atoms with Crippen LogP contribution >= 0.6 is 0 Å². The topological polar surface area (TPSA) is 60.7 Å². The van der Waals surface area contributed by atoms with Crippen molar-refractivity contribution in [3.8, 4) is 0 Å². The van der Waals surface area contributed by atoms with Gasteiger partial charge < -0.3 is 15.3 Å². The zero-order valence-electron chi connectivity index (χ0n) is 23.6. The summed E-state index contributed by atoms with van der Waals surface area (Å²) in [5.41, 5.74) is -0.00276. The van der Waals surface area contributed by atoms with Crippen molar-refractivity contribution in [2.45, 2.75) is 173 Å². The lowest BCUT2D eigenvalue weighted by atomic mass is 9.65. The number of rotatable bonds is 6. The van der Waals surface area contributed by atoms with Crippen LogP contribution < -0.4 is 0 Å². The molecular formula is C32H64O3. The Kier molecular flexibility index (Phi) is 22.8. The highest BCUT2D eigenvalue weighted by Crippen LogP contribution is 2.44. The van der Waals surface area contributed by atoms with Crippen molar-refractivity contribution in [2.75, 3.05) is 19.8 Å². The van der Waals surface area contributed by atoms with Crippen molar-refractivity contribution in [3.05, 3.63) is 0 Å². The molecule has 0 radical (unpaired) electrons. The van der Waals surface area contributed by atoms with E-state index >= 15 is 0 Å². The van der Waals surface area contributed by atoms with E-state index in [1.54, 1.807) is 0 Å². The fourth-order valence-electron chi connectivity index (χ4n) is 6.75. The second kappa shape index (κ2) is 24.2. The van der Waals surface area contributed by atoms with Crippen molar-refractivity contribution in [1.29, 1.82) is 0 Å². The van der Waals surface area contributed by atoms with Crippen LogP contribution in [-0.2, 0) is 0 Å². The van der Waals surface area contributed by atoms with Gasteiger partial charge in [-0.3, -0.25) is 0 Å². The molecule has 1 aliphatic rings. The zero-order chi connectivity index (χ0) is 25.3. The average molecular weight is 497 g/mol. The Balaban J connectivity index is 2.57. The van der Waals surface area contributed by atoms with Crippen LogP contribution in [0.4, 0.5) is 0 Å². The molecule has 1 rings (SSSR count). The minimum atomic E-state index is -0.00276. The third kappa shape index (κ3) is 17.1. The van der Waals surface area contributed by atoms with Crippen LogP contribution in [0.15, 0.2) is 0 Å². The van der Waals surface area contributed by atoms with Crippen molar-refractivity contribution < 1.29 is 15.3 Å². The standard InChI is InChI=1S/C32H64O3/c33-28-24-31-23-21-19-17-15-13-11-9-7-5-3-1-2-4-6-8-10-12-14-16-18-20-22-25-32(31,26-29-34)27-30-35/h31,33-35H,1-30H2. The Morgan fingerprint density at radius 2 is 0.714 bits per heavy atom. The number of aliphatic hydroxyl groups excluding tert-OH is 3. The van der Waals surface area contributed by atoms with Crippen LogP contribution in [0, 0.1) is 11.3 Å². The SMILES string of the molecule is OCCC1CCCCCCCCCCCCCCCCCCCCCCCCC1(CCO)CCO. The molecule has 0 bridgehead atoms. The molecule has 0 saturated heterocycles. The summed E-state index contributed by atoms with van der Waals surface area (Å²) in [6, 6.07) is 0. The third-order valence-electron chi connectivity index (χ3n) is 9.04. The van der Waals surface area contributed by atoms with Crippen LogP contribution in [-0.4, -0.2) is 35.1 Å². The second-order valence-electron chi connectivity index (χ2n) is 11.8. The number of hydrogen-bond donors (Lipinski definition) is 3. The van der Waals surface area contributed by atoms with Crippen LogP contribution in [0.1, 0.15) is 173 Å². The first-order valence-electron chi connectivity index (χ1n) is 16.1. The summed E-state index contributed by atoms with van der Waals surface area (Å²) in [7, 11) is 0. The van der Waals surface area contributed by atoms with Gasteiger partial charge in [-0.2, -0.15) is 0 Å². The fourth-order valence-corrected chi connectivity index (χ4v) is 6.75. The van der Waals surface area contributed by atoms with Crippen molar-refractivity contribution in [2.24, 2.45) is 11.3 Å². The van der Waals surface area contributed by atoms with Gasteiger partial charge in [-0.1, -0.05) is 141 Å². The lowest BCUT2D eigenvalue weighted by Gasteiger charge is -2.41. The van der Waals surface area contributed by atoms with Gasteiger partial charge >= 0.3 is 0 Å². The molecule has 1 saturated carbocycles. The summed E-state index contributed by atoms with van der Waals surface area (Å²) in [4.78, 5) is 0. The van der Waals surface area contributed by atoms with E-state index < -0.39 is 0 Å². The quantitative estimate of drug-likeness (QED) is 0.343. The van der Waals surface area contributed by atoms with Crippen LogP contribution in [0.2, 0.25) is 0 Å². The van der Waals surface area contributed by atoms with E-state index in [0.29, 0.717) is 5.92 Å². The zero-order valence-corrected chi connectivity index (χ0v) is 23.6. The van der Waals surface area contributed by atoms with Gasteiger partial charge in [0.25, 0.3) is 0 Å². The molecule has 0 amide bonds. The van der Waals surface area contributed by atoms with Gasteiger partial charge in [0.15, 0.2) is 0 Å². The minimum absolute atomic E-state index is 0.00276. The molecule has 0 aromatic carbocycles. The highest BCUT2D eigenvalue weighted by molar-refractivity contribution is 4.87. The first-order valence-corrected chi connectivity index (χ1v) is 16.1. The van der Waals surface area contributed by atoms with Gasteiger partial charge in [0.05, 0.1) is 0 Å². The lowest BCUT2D eigenvalue weighted by molar-refractivity contribution is 0.0382. The second-order valence-corrected chi connectivity index (χ2v) is 11.8. The fraction of sp³-hybridized carbons (Fsp3) is 1.00. The highest BCUT2D eigenvalue weighted by atomic mass is 16.3. The Morgan fingerprint density at radius 3 is 1.03 bits per heavy atom. The molecule has 35 heavy (non-hydrogen) atoms. The Bertz CT molecular complexity index is 419. The first kappa shape index (κ1) is 32.9. The minimum Gasteiger partial charge on any atom is -0.396 e. The molecule has 0 heterocycles. The van der Waals surface area contributed by atoms with Crippen LogP contribution in [0.25, 0.3) is 0 Å². The molecule has 1 fully saturated rings. The molecule has 3 heteroatoms. The van der Waals surface area contributed by atoms with Crippen molar-refractivity contribution in [1.82, 2.24) is 0 Å². The predicted octanol–water partition coefficient (Wildman–Crippen LogP) is 9.11. The summed E-state index contributed by atoms with van der Waals surface area (Å²) in [6.07, 6.45) is 34.9. The maximum Gasteiger partial charge on any atom is 0.0436 e. The molecular weight excluding hydrogens is 432 g/mol. The van der Waals surface area contributed by atoms with Gasteiger partial charge in [0.1, 0.15) is 0 Å². The Morgan fingerprint density at radius 1 is 0.400 bits per heavy atom. The normalized spacial score (nSPS) is 24.6. The lowest BCUT2D eigenvalue weighted by Crippen LogP contribution is -2.34. The summed E-state index contributed by atoms with van der Waals surface area (Å²) in [5.74, 6) is 0.422. The monoisotopic (exact) mass is 496 g/mol. The largest absolute Gasteiger partial charge is 0.396 e. The first-order chi connectivity index (χ1) is 17.3. The molecule has 210 valence electrons. The van der Waals surface area contributed by atoms with E-state index in [0.717, 1.165) is 32.1 Å². The summed E-state index contributed by atoms with van der Waals surface area (Å²) >= 11 is 0. The predicted molar refractivity (Wildman–Crippen MR) is 152 cm³/mol. The number of hydrogen-bond acceptors (Lipinski definition) is 3. The van der Waals surface area contributed by atoms with E-state index in [4.69, 9.17) is 0 Å². The molecule has 0 aromatic rings. The highest BCUT2D eigenvalue weighted by Gasteiger charge is 2.36. The van der Waals surface area contributed by atoms with E-state index in [1.807, 2.05) is 0 Å². The smallest absolute Gasteiger partial charge is 0.0436 e. The molecule has 3 N–H and O–H groups in total. The van der Waals surface area contributed by atoms with Crippen molar-refractivity contribution >= 4 is 0 Å². The van der Waals surface area contributed by atoms with E-state index in [2.05, 4.69) is 0 Å². The van der Waals surface area contributed by atoms with Crippen LogP contribution in [0.3, 0.4) is 0 Å². The maximum atomic E-state index is 9.91. The molecule has 1 atom stereocenters. The molecule has 1 aliphatic carbocycles. The Hall–Kier alpha value is -0.120. The third-order valence-corrected chi connectivity index (χ3v) is 9.04. The molecule has 0 aromatic heterocycles. The molecule has 1 unspecified atom stereocenters. The molecule has 0 spiro atoms. The Labute approximate surface area is 219 Å². The molecule has 0 aliphatic heterocycles. The average Bonchev–Trinajstić information content (AvgIpc) is 2.85. The van der Waals surface area contributed by atoms with Crippen LogP contribution in [0.5, 0.6) is 0 Å². The molecule has 3 nitrogen and oxygen atoms in total. The van der Waals surface area contributed by atoms with E-state index in [-0.39, 0.29) is 25.2 Å². The van der Waals surface area contributed by atoms with Gasteiger partial charge in [-0.25, -0.2) is 0 Å². The van der Waals surface area contributed by atoms with Gasteiger partial charge in [0.2, 0.25) is 0 Å². The summed E-state index contributed by atoms with van der Waals surface area (Å²) in [6.45, 7) is 0.618. The van der Waals surface area contributed by atoms with Gasteiger partial charge in [-0.05, 0) is 43.4 Å². The maximum absolute atomic E-state index is 9.91. The van der Waals surface area contributed by atoms with E-state index in [1.165, 1.54) is 141 Å². The van der Waals surface area contributed by atoms with E-state index in [9.17, 15) is 15.3 Å². The summed E-state index contributed by atoms with van der Waals surface area (Å²) in [5, 5.41) is 29.6.